The van der Waals surface area contributed by atoms with Crippen LogP contribution in [0.1, 0.15) is 36.6 Å². The first-order valence-electron chi connectivity index (χ1n) is 11.6. The van der Waals surface area contributed by atoms with Crippen molar-refractivity contribution in [1.29, 1.82) is 0 Å². The summed E-state index contributed by atoms with van der Waals surface area (Å²) in [5, 5.41) is 16.4. The lowest BCUT2D eigenvalue weighted by molar-refractivity contribution is -0.517. The molecule has 1 unspecified atom stereocenters. The molecule has 1 heterocycles. The Labute approximate surface area is 224 Å². The van der Waals surface area contributed by atoms with E-state index in [1.807, 2.05) is 44.2 Å². The standard InChI is InChI=1S/C28H25Cl2N3O4/c1-18(2)37-26-13-12-22(14-24(26)30)31-25-15-27(34)32(16-19-6-4-3-5-7-19)17-23(25)28(33(35)36)20-8-10-21(29)11-9-20/h3-15,17-18,28,31H,16H2,1-2H3. The number of nitrogens with one attached hydrogen (secondary N) is 1. The Morgan fingerprint density at radius 3 is 2.32 bits per heavy atom. The number of halogens is 2. The molecule has 1 aromatic heterocycles. The molecular weight excluding hydrogens is 513 g/mol. The van der Waals surface area contributed by atoms with Gasteiger partial charge in [0.15, 0.2) is 0 Å². The van der Waals surface area contributed by atoms with Crippen LogP contribution in [0.5, 0.6) is 5.75 Å². The van der Waals surface area contributed by atoms with Crippen LogP contribution in [0.3, 0.4) is 0 Å². The number of aromatic nitrogens is 1. The van der Waals surface area contributed by atoms with Gasteiger partial charge in [-0.25, -0.2) is 0 Å². The molecule has 1 atom stereocenters. The normalized spacial score (nSPS) is 11.8. The van der Waals surface area contributed by atoms with Crippen LogP contribution in [-0.4, -0.2) is 15.6 Å². The van der Waals surface area contributed by atoms with Crippen molar-refractivity contribution in [1.82, 2.24) is 4.57 Å². The van der Waals surface area contributed by atoms with Gasteiger partial charge >= 0.3 is 0 Å². The van der Waals surface area contributed by atoms with Gasteiger partial charge in [0.25, 0.3) is 11.6 Å². The van der Waals surface area contributed by atoms with E-state index >= 15 is 0 Å². The van der Waals surface area contributed by atoms with E-state index in [1.54, 1.807) is 42.5 Å². The van der Waals surface area contributed by atoms with Crippen molar-refractivity contribution in [3.05, 3.63) is 132 Å². The summed E-state index contributed by atoms with van der Waals surface area (Å²) in [6.07, 6.45) is 1.48. The average molecular weight is 538 g/mol. The number of anilines is 2. The molecule has 37 heavy (non-hydrogen) atoms. The maximum atomic E-state index is 13.1. The highest BCUT2D eigenvalue weighted by molar-refractivity contribution is 6.32. The summed E-state index contributed by atoms with van der Waals surface area (Å²) < 4.78 is 7.16. The summed E-state index contributed by atoms with van der Waals surface area (Å²) in [6, 6.07) is 21.1. The molecule has 1 N–H and O–H groups in total. The first-order valence-corrected chi connectivity index (χ1v) is 12.4. The molecule has 3 aromatic carbocycles. The minimum Gasteiger partial charge on any atom is -0.489 e. The van der Waals surface area contributed by atoms with E-state index in [1.165, 1.54) is 16.8 Å². The summed E-state index contributed by atoms with van der Waals surface area (Å²) in [6.45, 7) is 4.06. The summed E-state index contributed by atoms with van der Waals surface area (Å²) >= 11 is 12.4. The highest BCUT2D eigenvalue weighted by atomic mass is 35.5. The molecule has 4 rings (SSSR count). The van der Waals surface area contributed by atoms with Gasteiger partial charge in [0.2, 0.25) is 0 Å². The molecular formula is C28H25Cl2N3O4. The molecule has 0 fully saturated rings. The van der Waals surface area contributed by atoms with Crippen LogP contribution < -0.4 is 15.6 Å². The van der Waals surface area contributed by atoms with E-state index in [9.17, 15) is 14.9 Å². The molecule has 9 heteroatoms. The maximum Gasteiger partial charge on any atom is 0.266 e. The van der Waals surface area contributed by atoms with Gasteiger partial charge in [-0.15, -0.1) is 0 Å². The molecule has 190 valence electrons. The summed E-state index contributed by atoms with van der Waals surface area (Å²) in [7, 11) is 0. The number of hydrogen-bond donors (Lipinski definition) is 1. The number of rotatable bonds is 9. The molecule has 0 aliphatic carbocycles. The van der Waals surface area contributed by atoms with Crippen LogP contribution in [0.4, 0.5) is 11.4 Å². The van der Waals surface area contributed by atoms with Gasteiger partial charge < -0.3 is 14.6 Å². The van der Waals surface area contributed by atoms with Gasteiger partial charge in [0.05, 0.1) is 28.9 Å². The van der Waals surface area contributed by atoms with E-state index in [4.69, 9.17) is 27.9 Å². The Morgan fingerprint density at radius 1 is 1.00 bits per heavy atom. The Morgan fingerprint density at radius 2 is 1.70 bits per heavy atom. The van der Waals surface area contributed by atoms with Crippen LogP contribution in [0.25, 0.3) is 0 Å². The minimum absolute atomic E-state index is 0.0552. The molecule has 0 amide bonds. The molecule has 0 aliphatic rings. The van der Waals surface area contributed by atoms with Crippen molar-refractivity contribution in [2.75, 3.05) is 5.32 Å². The van der Waals surface area contributed by atoms with Gasteiger partial charge in [-0.3, -0.25) is 14.9 Å². The zero-order valence-corrected chi connectivity index (χ0v) is 21.7. The number of nitro groups is 1. The molecule has 0 bridgehead atoms. The zero-order chi connectivity index (χ0) is 26.5. The highest BCUT2D eigenvalue weighted by Gasteiger charge is 2.29. The summed E-state index contributed by atoms with van der Waals surface area (Å²) in [5.74, 6) is 0.519. The molecule has 7 nitrogen and oxygen atoms in total. The number of pyridine rings is 1. The van der Waals surface area contributed by atoms with Gasteiger partial charge in [-0.2, -0.15) is 0 Å². The van der Waals surface area contributed by atoms with Gasteiger partial charge in [-0.05, 0) is 49.7 Å². The van der Waals surface area contributed by atoms with Gasteiger partial charge in [0, 0.05) is 33.5 Å². The average Bonchev–Trinajstić information content (AvgIpc) is 2.85. The predicted octanol–water partition coefficient (Wildman–Crippen LogP) is 7.10. The third-order valence-electron chi connectivity index (χ3n) is 5.62. The second-order valence-electron chi connectivity index (χ2n) is 8.77. The first kappa shape index (κ1) is 26.3. The SMILES string of the molecule is CC(C)Oc1ccc(Nc2cc(=O)n(Cc3ccccc3)cc2C(c2ccc(Cl)cc2)[N+](=O)[O-])cc1Cl. The Balaban J connectivity index is 1.81. The Bertz CT molecular complexity index is 1450. The first-order chi connectivity index (χ1) is 17.7. The monoisotopic (exact) mass is 537 g/mol. The quantitative estimate of drug-likeness (QED) is 0.182. The number of benzene rings is 3. The lowest BCUT2D eigenvalue weighted by atomic mass is 9.99. The molecule has 4 aromatic rings. The molecule has 0 saturated heterocycles. The smallest absolute Gasteiger partial charge is 0.266 e. The third kappa shape index (κ3) is 6.50. The van der Waals surface area contributed by atoms with E-state index in [0.29, 0.717) is 38.3 Å². The van der Waals surface area contributed by atoms with Crippen molar-refractivity contribution < 1.29 is 9.66 Å². The van der Waals surface area contributed by atoms with Gasteiger partial charge in [0.1, 0.15) is 5.75 Å². The summed E-state index contributed by atoms with van der Waals surface area (Å²) in [5.41, 5.74) is 2.20. The maximum absolute atomic E-state index is 13.1. The molecule has 0 radical (unpaired) electrons. The van der Waals surface area contributed by atoms with Crippen LogP contribution in [0, 0.1) is 10.1 Å². The van der Waals surface area contributed by atoms with Crippen molar-refractivity contribution in [3.8, 4) is 5.75 Å². The lowest BCUT2D eigenvalue weighted by Crippen LogP contribution is -2.24. The van der Waals surface area contributed by atoms with Crippen molar-refractivity contribution in [2.45, 2.75) is 32.5 Å². The molecule has 0 aliphatic heterocycles. The second kappa shape index (κ2) is 11.5. The fourth-order valence-electron chi connectivity index (χ4n) is 3.96. The fraction of sp³-hybridized carbons (Fsp3) is 0.179. The van der Waals surface area contributed by atoms with E-state index in [0.717, 1.165) is 5.56 Å². The minimum atomic E-state index is -1.25. The Hall–Kier alpha value is -3.81. The third-order valence-corrected chi connectivity index (χ3v) is 6.16. The predicted molar refractivity (Wildman–Crippen MR) is 147 cm³/mol. The van der Waals surface area contributed by atoms with E-state index in [2.05, 4.69) is 5.32 Å². The highest BCUT2D eigenvalue weighted by Crippen LogP contribution is 2.35. The lowest BCUT2D eigenvalue weighted by Gasteiger charge is -2.19. The van der Waals surface area contributed by atoms with Crippen LogP contribution in [0.2, 0.25) is 10.0 Å². The van der Waals surface area contributed by atoms with E-state index in [-0.39, 0.29) is 23.1 Å². The number of ether oxygens (including phenoxy) is 1. The number of nitrogens with zero attached hydrogens (tertiary/aromatic N) is 2. The topological polar surface area (TPSA) is 86.4 Å². The van der Waals surface area contributed by atoms with E-state index < -0.39 is 6.04 Å². The Kier molecular flexibility index (Phi) is 8.16. The fourth-order valence-corrected chi connectivity index (χ4v) is 4.32. The molecule has 0 saturated carbocycles. The van der Waals surface area contributed by atoms with Crippen LogP contribution in [0.15, 0.2) is 89.9 Å². The molecule has 0 spiro atoms. The summed E-state index contributed by atoms with van der Waals surface area (Å²) in [4.78, 5) is 25.1. The second-order valence-corrected chi connectivity index (χ2v) is 9.61. The van der Waals surface area contributed by atoms with Gasteiger partial charge in [-0.1, -0.05) is 65.7 Å². The largest absolute Gasteiger partial charge is 0.489 e. The van der Waals surface area contributed by atoms with Crippen LogP contribution in [-0.2, 0) is 6.54 Å². The zero-order valence-electron chi connectivity index (χ0n) is 20.2. The van der Waals surface area contributed by atoms with Crippen molar-refractivity contribution in [2.24, 2.45) is 0 Å². The van der Waals surface area contributed by atoms with Crippen LogP contribution >= 0.6 is 23.2 Å². The number of hydrogen-bond acceptors (Lipinski definition) is 5. The van der Waals surface area contributed by atoms with Crippen molar-refractivity contribution in [3.63, 3.8) is 0 Å². The van der Waals surface area contributed by atoms with Crippen molar-refractivity contribution >= 4 is 34.6 Å².